The topological polar surface area (TPSA) is 84.4 Å². The quantitative estimate of drug-likeness (QED) is 0.836. The van der Waals surface area contributed by atoms with Gasteiger partial charge in [-0.05, 0) is 31.2 Å². The van der Waals surface area contributed by atoms with Crippen molar-refractivity contribution in [1.82, 2.24) is 20.2 Å². The molecule has 7 nitrogen and oxygen atoms in total. The zero-order valence-electron chi connectivity index (χ0n) is 16.2. The Morgan fingerprint density at radius 2 is 2.00 bits per heavy atom. The molecular formula is C22H24N4O3. The van der Waals surface area contributed by atoms with Crippen LogP contribution in [0.5, 0.6) is 0 Å². The summed E-state index contributed by atoms with van der Waals surface area (Å²) in [6.07, 6.45) is 8.52. The molecule has 2 bridgehead atoms. The summed E-state index contributed by atoms with van der Waals surface area (Å²) in [6.45, 7) is 0.760. The van der Waals surface area contributed by atoms with Crippen LogP contribution in [0.1, 0.15) is 35.3 Å². The molecule has 0 spiro atoms. The van der Waals surface area contributed by atoms with Gasteiger partial charge < -0.3 is 15.0 Å². The van der Waals surface area contributed by atoms with Crippen molar-refractivity contribution in [2.24, 2.45) is 5.41 Å². The summed E-state index contributed by atoms with van der Waals surface area (Å²) in [5, 5.41) is 3.24. The minimum Gasteiger partial charge on any atom is -0.373 e. The molecule has 3 fully saturated rings. The highest BCUT2D eigenvalue weighted by Crippen LogP contribution is 2.38. The van der Waals surface area contributed by atoms with E-state index in [9.17, 15) is 9.59 Å². The summed E-state index contributed by atoms with van der Waals surface area (Å²) >= 11 is 0. The Morgan fingerprint density at radius 1 is 1.17 bits per heavy atom. The maximum atomic E-state index is 13.4. The number of nitrogens with one attached hydrogen (secondary N) is 1. The van der Waals surface area contributed by atoms with Crippen molar-refractivity contribution < 1.29 is 14.3 Å². The highest BCUT2D eigenvalue weighted by Gasteiger charge is 2.53. The fraction of sp³-hybridized carbons (Fsp3) is 0.455. The summed E-state index contributed by atoms with van der Waals surface area (Å²) in [6, 6.07) is 10.1. The number of fused-ring (bicyclic) bond motifs is 2. The number of aromatic nitrogens is 2. The van der Waals surface area contributed by atoms with Gasteiger partial charge in [0.15, 0.2) is 0 Å². The third kappa shape index (κ3) is 3.40. The Morgan fingerprint density at radius 3 is 2.66 bits per heavy atom. The van der Waals surface area contributed by atoms with Crippen molar-refractivity contribution in [3.8, 4) is 0 Å². The molecule has 7 heteroatoms. The first kappa shape index (κ1) is 18.2. The zero-order valence-corrected chi connectivity index (χ0v) is 16.2. The van der Waals surface area contributed by atoms with E-state index in [0.29, 0.717) is 25.2 Å². The van der Waals surface area contributed by atoms with Gasteiger partial charge in [-0.3, -0.25) is 14.6 Å². The third-order valence-corrected chi connectivity index (χ3v) is 6.35. The smallest absolute Gasteiger partial charge is 0.274 e. The predicted molar refractivity (Wildman–Crippen MR) is 105 cm³/mol. The molecule has 1 N–H and O–H groups in total. The van der Waals surface area contributed by atoms with Crippen LogP contribution in [-0.2, 0) is 16.0 Å². The first-order valence-corrected chi connectivity index (χ1v) is 10.2. The number of amides is 2. The molecule has 0 unspecified atom stereocenters. The summed E-state index contributed by atoms with van der Waals surface area (Å²) in [5.41, 5.74) is 0.780. The second-order valence-corrected chi connectivity index (χ2v) is 8.38. The molecular weight excluding hydrogens is 368 g/mol. The summed E-state index contributed by atoms with van der Waals surface area (Å²) < 4.78 is 5.89. The molecule has 0 saturated carbocycles. The van der Waals surface area contributed by atoms with Crippen LogP contribution in [-0.4, -0.2) is 58.0 Å². The number of carbonyl (C=O) groups is 2. The van der Waals surface area contributed by atoms with Gasteiger partial charge in [0.25, 0.3) is 5.91 Å². The molecule has 29 heavy (non-hydrogen) atoms. The Balaban J connectivity index is 1.32. The van der Waals surface area contributed by atoms with Crippen LogP contribution in [0.4, 0.5) is 0 Å². The van der Waals surface area contributed by atoms with Gasteiger partial charge in [-0.15, -0.1) is 0 Å². The van der Waals surface area contributed by atoms with E-state index in [1.807, 2.05) is 30.3 Å². The van der Waals surface area contributed by atoms with Crippen molar-refractivity contribution in [3.63, 3.8) is 0 Å². The molecule has 5 rings (SSSR count). The van der Waals surface area contributed by atoms with Crippen molar-refractivity contribution in [1.29, 1.82) is 0 Å². The molecule has 0 aliphatic carbocycles. The van der Waals surface area contributed by atoms with E-state index >= 15 is 0 Å². The number of likely N-dealkylation sites (tertiary alicyclic amines) is 1. The van der Waals surface area contributed by atoms with Gasteiger partial charge >= 0.3 is 0 Å². The lowest BCUT2D eigenvalue weighted by Crippen LogP contribution is -2.66. The maximum Gasteiger partial charge on any atom is 0.274 e. The van der Waals surface area contributed by atoms with Gasteiger partial charge in [0.05, 0.1) is 29.9 Å². The van der Waals surface area contributed by atoms with Gasteiger partial charge in [0.2, 0.25) is 5.91 Å². The number of carbonyl (C=O) groups excluding carboxylic acids is 2. The van der Waals surface area contributed by atoms with Gasteiger partial charge in [-0.2, -0.15) is 0 Å². The largest absolute Gasteiger partial charge is 0.373 e. The molecule has 4 heterocycles. The van der Waals surface area contributed by atoms with E-state index in [0.717, 1.165) is 24.8 Å². The maximum absolute atomic E-state index is 13.4. The van der Waals surface area contributed by atoms with E-state index in [1.165, 1.54) is 18.6 Å². The highest BCUT2D eigenvalue weighted by molar-refractivity contribution is 5.95. The Labute approximate surface area is 169 Å². The molecule has 3 aliphatic heterocycles. The first-order chi connectivity index (χ1) is 14.1. The normalized spacial score (nSPS) is 26.8. The summed E-state index contributed by atoms with van der Waals surface area (Å²) in [4.78, 5) is 35.8. The monoisotopic (exact) mass is 392 g/mol. The number of hydrogen-bond acceptors (Lipinski definition) is 5. The van der Waals surface area contributed by atoms with Crippen molar-refractivity contribution in [3.05, 3.63) is 60.2 Å². The van der Waals surface area contributed by atoms with E-state index in [1.54, 1.807) is 4.90 Å². The second-order valence-electron chi connectivity index (χ2n) is 8.38. The van der Waals surface area contributed by atoms with Gasteiger partial charge in [0.1, 0.15) is 5.69 Å². The van der Waals surface area contributed by atoms with E-state index in [2.05, 4.69) is 15.3 Å². The molecule has 0 radical (unpaired) electrons. The van der Waals surface area contributed by atoms with Crippen LogP contribution in [0, 0.1) is 5.41 Å². The number of nitrogens with zero attached hydrogens (tertiary/aromatic N) is 3. The average Bonchev–Trinajstić information content (AvgIpc) is 3.34. The molecule has 2 aromatic rings. The van der Waals surface area contributed by atoms with Crippen molar-refractivity contribution in [2.75, 3.05) is 13.1 Å². The lowest BCUT2D eigenvalue weighted by molar-refractivity contribution is -0.140. The van der Waals surface area contributed by atoms with Gasteiger partial charge in [-0.1, -0.05) is 30.3 Å². The molecule has 3 atom stereocenters. The molecule has 3 aliphatic rings. The fourth-order valence-electron chi connectivity index (χ4n) is 4.83. The standard InChI is InChI=1S/C22H24N4O3/c27-20(18-12-23-8-9-24-18)26-13-22(14-26,11-15-4-2-1-3-5-15)21(28)25-17-10-16-6-7-19(17)29-16/h1-5,8-9,12,16-17,19H,6-7,10-11,13-14H2,(H,25,28)/t16-,17+,19+/m0/s1. The van der Waals surface area contributed by atoms with Gasteiger partial charge in [0, 0.05) is 25.5 Å². The van der Waals surface area contributed by atoms with Crippen LogP contribution < -0.4 is 5.32 Å². The fourth-order valence-corrected chi connectivity index (χ4v) is 4.83. The zero-order chi connectivity index (χ0) is 19.8. The lowest BCUT2D eigenvalue weighted by atomic mass is 9.73. The first-order valence-electron chi connectivity index (χ1n) is 10.2. The molecule has 1 aromatic carbocycles. The Bertz CT molecular complexity index is 899. The molecule has 1 aromatic heterocycles. The van der Waals surface area contributed by atoms with Crippen LogP contribution in [0.15, 0.2) is 48.9 Å². The number of benzene rings is 1. The minimum absolute atomic E-state index is 0.0192. The number of hydrogen-bond donors (Lipinski definition) is 1. The Hall–Kier alpha value is -2.80. The molecule has 150 valence electrons. The molecule has 2 amide bonds. The highest BCUT2D eigenvalue weighted by atomic mass is 16.5. The van der Waals surface area contributed by atoms with Gasteiger partial charge in [-0.25, -0.2) is 4.98 Å². The second kappa shape index (κ2) is 7.22. The van der Waals surface area contributed by atoms with E-state index in [-0.39, 0.29) is 30.1 Å². The minimum atomic E-state index is -0.624. The van der Waals surface area contributed by atoms with Crippen molar-refractivity contribution >= 4 is 11.8 Å². The van der Waals surface area contributed by atoms with Crippen molar-refractivity contribution in [2.45, 2.75) is 43.9 Å². The van der Waals surface area contributed by atoms with Crippen LogP contribution in [0.2, 0.25) is 0 Å². The van der Waals surface area contributed by atoms with Crippen LogP contribution >= 0.6 is 0 Å². The van der Waals surface area contributed by atoms with E-state index < -0.39 is 5.41 Å². The van der Waals surface area contributed by atoms with E-state index in [4.69, 9.17) is 4.74 Å². The SMILES string of the molecule is O=C(c1cnccn1)N1CC(Cc2ccccc2)(C(=O)N[C@@H]2C[C@@H]3CC[C@H]2O3)C1. The number of ether oxygens (including phenoxy) is 1. The lowest BCUT2D eigenvalue weighted by Gasteiger charge is -2.49. The van der Waals surface area contributed by atoms with Crippen LogP contribution in [0.25, 0.3) is 0 Å². The predicted octanol–water partition coefficient (Wildman–Crippen LogP) is 1.60. The summed E-state index contributed by atoms with van der Waals surface area (Å²) in [7, 11) is 0. The Kier molecular flexibility index (Phi) is 4.54. The third-order valence-electron chi connectivity index (χ3n) is 6.35. The molecule has 3 saturated heterocycles. The number of rotatable bonds is 5. The average molecular weight is 392 g/mol. The van der Waals surface area contributed by atoms with Crippen LogP contribution in [0.3, 0.4) is 0 Å². The summed E-state index contributed by atoms with van der Waals surface area (Å²) in [5.74, 6) is -0.163.